The minimum Gasteiger partial charge on any atom is -0.495 e. The van der Waals surface area contributed by atoms with Gasteiger partial charge in [-0.3, -0.25) is 19.1 Å². The second-order valence-electron chi connectivity index (χ2n) is 14.9. The number of methoxy groups -OCH3 is 1. The molecule has 0 radical (unpaired) electrons. The minimum atomic E-state index is -4.01. The Hall–Kier alpha value is -4.11. The number of carbonyl (C=O) groups is 4. The number of ether oxygens (including phenoxy) is 2. The quantitative estimate of drug-likeness (QED) is 0.284. The molecule has 14 nitrogen and oxygen atoms in total. The zero-order valence-electron chi connectivity index (χ0n) is 29.7. The Kier molecular flexibility index (Phi) is 10.4. The van der Waals surface area contributed by atoms with Gasteiger partial charge in [0.15, 0.2) is 0 Å². The normalized spacial score (nSPS) is 30.8. The number of rotatable bonds is 8. The molecule has 4 amide bonds. The summed E-state index contributed by atoms with van der Waals surface area (Å²) >= 11 is 6.43. The molecule has 2 saturated carbocycles. The highest BCUT2D eigenvalue weighted by atomic mass is 35.5. The fraction of sp³-hybridized carbons (Fsp3) is 0.583. The second-order valence-corrected chi connectivity index (χ2v) is 17.5. The van der Waals surface area contributed by atoms with Crippen LogP contribution in [0.1, 0.15) is 72.1 Å². The summed E-state index contributed by atoms with van der Waals surface area (Å²) in [6.07, 6.45) is 6.65. The van der Waals surface area contributed by atoms with Crippen LogP contribution in [0.4, 0.5) is 4.79 Å². The van der Waals surface area contributed by atoms with Crippen molar-refractivity contribution in [3.05, 3.63) is 41.6 Å². The number of carboxylic acid groups (broad SMARTS) is 1. The van der Waals surface area contributed by atoms with Crippen molar-refractivity contribution in [2.75, 3.05) is 13.7 Å². The van der Waals surface area contributed by atoms with E-state index in [1.54, 1.807) is 31.3 Å². The van der Waals surface area contributed by atoms with Crippen molar-refractivity contribution in [1.29, 1.82) is 0 Å². The zero-order chi connectivity index (χ0) is 37.6. The van der Waals surface area contributed by atoms with Gasteiger partial charge in [0.05, 0.1) is 23.4 Å². The third kappa shape index (κ3) is 7.39. The van der Waals surface area contributed by atoms with Crippen molar-refractivity contribution in [2.45, 2.75) is 101 Å². The van der Waals surface area contributed by atoms with Crippen LogP contribution in [0.2, 0.25) is 5.02 Å². The Bertz CT molecular complexity index is 1900. The Labute approximate surface area is 308 Å². The number of amides is 4. The molecule has 16 heteroatoms. The third-order valence-corrected chi connectivity index (χ3v) is 13.6. The predicted molar refractivity (Wildman–Crippen MR) is 192 cm³/mol. The molecular formula is C36H46ClN5O9S. The molecule has 4 aliphatic rings. The van der Waals surface area contributed by atoms with Gasteiger partial charge in [-0.2, -0.15) is 0 Å². The van der Waals surface area contributed by atoms with Gasteiger partial charge in [-0.05, 0) is 80.9 Å². The van der Waals surface area contributed by atoms with E-state index < -0.39 is 68.2 Å². The number of hydrogen-bond acceptors (Lipinski definition) is 9. The van der Waals surface area contributed by atoms with E-state index in [4.69, 9.17) is 21.1 Å². The van der Waals surface area contributed by atoms with E-state index in [1.807, 2.05) is 26.0 Å². The lowest BCUT2D eigenvalue weighted by Crippen LogP contribution is -2.59. The summed E-state index contributed by atoms with van der Waals surface area (Å²) in [6.45, 7) is 5.43. The molecule has 1 aromatic heterocycles. The lowest BCUT2D eigenvalue weighted by molar-refractivity contribution is -0.142. The van der Waals surface area contributed by atoms with E-state index in [0.29, 0.717) is 48.3 Å². The summed E-state index contributed by atoms with van der Waals surface area (Å²) < 4.78 is 39.1. The monoisotopic (exact) mass is 759 g/mol. The number of carbonyl (C=O) groups excluding carboxylic acids is 3. The van der Waals surface area contributed by atoms with E-state index in [2.05, 4.69) is 20.3 Å². The number of aromatic nitrogens is 1. The number of nitrogens with one attached hydrogen (secondary N) is 3. The van der Waals surface area contributed by atoms with Crippen molar-refractivity contribution in [1.82, 2.24) is 25.2 Å². The number of nitrogens with zero attached hydrogens (tertiary/aromatic N) is 2. The highest BCUT2D eigenvalue weighted by Crippen LogP contribution is 2.47. The number of benzene rings is 1. The number of halogens is 1. The largest absolute Gasteiger partial charge is 0.495 e. The average molecular weight is 760 g/mol. The zero-order valence-corrected chi connectivity index (χ0v) is 31.3. The maximum absolute atomic E-state index is 14.5. The molecule has 282 valence electrons. The van der Waals surface area contributed by atoms with Gasteiger partial charge in [-0.25, -0.2) is 18.2 Å². The van der Waals surface area contributed by atoms with E-state index in [-0.39, 0.29) is 37.1 Å². The van der Waals surface area contributed by atoms with Gasteiger partial charge >= 0.3 is 6.09 Å². The summed E-state index contributed by atoms with van der Waals surface area (Å²) in [5.41, 5.74) is -1.55. The first kappa shape index (κ1) is 37.6. The average Bonchev–Trinajstić information content (AvgIpc) is 3.97. The van der Waals surface area contributed by atoms with Crippen molar-refractivity contribution >= 4 is 56.2 Å². The topological polar surface area (TPSA) is 193 Å². The molecule has 6 rings (SSSR count). The molecule has 2 aliphatic heterocycles. The Balaban J connectivity index is 1.35. The number of pyridine rings is 1. The summed E-state index contributed by atoms with van der Waals surface area (Å²) in [5.74, 6) is -2.13. The van der Waals surface area contributed by atoms with Crippen LogP contribution in [0.3, 0.4) is 0 Å². The Morgan fingerprint density at radius 1 is 1.21 bits per heavy atom. The van der Waals surface area contributed by atoms with Gasteiger partial charge in [0.1, 0.15) is 29.5 Å². The molecule has 0 unspecified atom stereocenters. The minimum absolute atomic E-state index is 0.0128. The van der Waals surface area contributed by atoms with Crippen molar-refractivity contribution in [3.63, 3.8) is 0 Å². The van der Waals surface area contributed by atoms with E-state index in [0.717, 1.165) is 11.8 Å². The van der Waals surface area contributed by atoms with Crippen LogP contribution >= 0.6 is 11.6 Å². The summed E-state index contributed by atoms with van der Waals surface area (Å²) in [5, 5.41) is 16.8. The first-order chi connectivity index (χ1) is 24.6. The summed E-state index contributed by atoms with van der Waals surface area (Å²) in [4.78, 5) is 60.5. The van der Waals surface area contributed by atoms with E-state index in [1.165, 1.54) is 12.0 Å². The van der Waals surface area contributed by atoms with Crippen LogP contribution in [0, 0.1) is 17.8 Å². The maximum atomic E-state index is 14.5. The van der Waals surface area contributed by atoms with Gasteiger partial charge in [0.2, 0.25) is 27.7 Å². The summed E-state index contributed by atoms with van der Waals surface area (Å²) in [7, 11) is -2.50. The van der Waals surface area contributed by atoms with Crippen molar-refractivity contribution in [2.24, 2.45) is 17.8 Å². The van der Waals surface area contributed by atoms with Crippen molar-refractivity contribution in [3.8, 4) is 11.6 Å². The SMILES string of the molecule is CC[C@@H]1C[C@@H](C)CC/C=C\[C@@H]2C[C@@]2(C(=O)NS(=O)(=O)C2(C)CC2)NC(=O)[C@@H]2C[C@@H](Oc3nccc4cc(OC)c(Cl)cc34)CN2C(=O)[C@H]1NC(=O)O. The molecule has 2 aromatic rings. The first-order valence-electron chi connectivity index (χ1n) is 17.8. The molecule has 3 heterocycles. The first-order valence-corrected chi connectivity index (χ1v) is 19.6. The van der Waals surface area contributed by atoms with Crippen LogP contribution < -0.4 is 24.8 Å². The Morgan fingerprint density at radius 2 is 1.96 bits per heavy atom. The lowest BCUT2D eigenvalue weighted by atomic mass is 9.85. The van der Waals surface area contributed by atoms with Gasteiger partial charge in [-0.1, -0.05) is 44.0 Å². The standard InChI is InChI=1S/C36H46ClN5O9S/c1-5-21-14-20(2)8-6-7-9-23-18-36(23,33(45)41-52(48,49)35(3)11-12-35)40-30(43)27-16-24(19-42(27)32(44)29(21)39-34(46)47)51-31-25-17-26(37)28(50-4)15-22(25)10-13-38-31/h7,9-10,13,15,17,20-21,23-24,27,29,39H,5-6,8,11-12,14,16,18-19H2,1-4H3,(H,40,43)(H,41,45)(H,46,47)/b9-7-/t20-,21+,23+,24+,27-,29-,36+/m0/s1. The molecule has 0 bridgehead atoms. The number of allylic oxidation sites excluding steroid dienone is 1. The van der Waals surface area contributed by atoms with Crippen LogP contribution in [-0.4, -0.2) is 89.4 Å². The molecule has 4 N–H and O–H groups in total. The number of sulfonamides is 1. The second kappa shape index (κ2) is 14.4. The fourth-order valence-electron chi connectivity index (χ4n) is 7.50. The smallest absolute Gasteiger partial charge is 0.405 e. The van der Waals surface area contributed by atoms with Gasteiger partial charge in [-0.15, -0.1) is 0 Å². The van der Waals surface area contributed by atoms with Gasteiger partial charge in [0, 0.05) is 23.9 Å². The summed E-state index contributed by atoms with van der Waals surface area (Å²) in [6, 6.07) is 2.83. The maximum Gasteiger partial charge on any atom is 0.405 e. The van der Waals surface area contributed by atoms with Crippen LogP contribution in [0.15, 0.2) is 36.5 Å². The lowest BCUT2D eigenvalue weighted by Gasteiger charge is -2.33. The number of hydrogen-bond donors (Lipinski definition) is 4. The number of fused-ring (bicyclic) bond motifs is 3. The third-order valence-electron chi connectivity index (χ3n) is 11.2. The fourth-order valence-corrected chi connectivity index (χ4v) is 9.06. The molecule has 0 spiro atoms. The molecule has 3 fully saturated rings. The highest BCUT2D eigenvalue weighted by molar-refractivity contribution is 7.91. The molecule has 1 aromatic carbocycles. The molecule has 1 saturated heterocycles. The van der Waals surface area contributed by atoms with Crippen molar-refractivity contribution < 1.29 is 42.2 Å². The van der Waals surface area contributed by atoms with E-state index >= 15 is 0 Å². The Morgan fingerprint density at radius 3 is 2.63 bits per heavy atom. The molecular weight excluding hydrogens is 714 g/mol. The van der Waals surface area contributed by atoms with Crippen LogP contribution in [0.25, 0.3) is 10.8 Å². The van der Waals surface area contributed by atoms with Crippen LogP contribution in [0.5, 0.6) is 11.6 Å². The van der Waals surface area contributed by atoms with Gasteiger partial charge in [0.25, 0.3) is 5.91 Å². The molecule has 7 atom stereocenters. The van der Waals surface area contributed by atoms with Gasteiger partial charge < -0.3 is 30.1 Å². The van der Waals surface area contributed by atoms with Crippen LogP contribution in [-0.2, 0) is 24.4 Å². The molecule has 52 heavy (non-hydrogen) atoms. The predicted octanol–water partition coefficient (Wildman–Crippen LogP) is 4.16. The molecule has 2 aliphatic carbocycles. The highest BCUT2D eigenvalue weighted by Gasteiger charge is 2.63. The van der Waals surface area contributed by atoms with E-state index in [9.17, 15) is 32.7 Å².